The minimum atomic E-state index is 0. The molecule has 1 aliphatic rings. The van der Waals surface area contributed by atoms with Gasteiger partial charge in [0, 0.05) is 6.54 Å². The predicted octanol–water partition coefficient (Wildman–Crippen LogP) is 3.08. The van der Waals surface area contributed by atoms with E-state index in [9.17, 15) is 4.79 Å². The highest BCUT2D eigenvalue weighted by Gasteiger charge is 2.21. The number of ether oxygens (including phenoxy) is 1. The molecule has 1 unspecified atom stereocenters. The zero-order valence-electron chi connectivity index (χ0n) is 12.7. The van der Waals surface area contributed by atoms with Gasteiger partial charge in [-0.15, -0.1) is 12.4 Å². The summed E-state index contributed by atoms with van der Waals surface area (Å²) in [6.45, 7) is 6.64. The zero-order chi connectivity index (χ0) is 14.4. The van der Waals surface area contributed by atoms with Gasteiger partial charge in [0.05, 0.1) is 18.2 Å². The van der Waals surface area contributed by atoms with Crippen molar-refractivity contribution in [1.29, 1.82) is 0 Å². The topological polar surface area (TPSA) is 50.4 Å². The van der Waals surface area contributed by atoms with Crippen LogP contribution in [0.3, 0.4) is 0 Å². The van der Waals surface area contributed by atoms with Crippen molar-refractivity contribution in [1.82, 2.24) is 5.32 Å². The number of para-hydroxylation sites is 2. The van der Waals surface area contributed by atoms with Crippen molar-refractivity contribution in [2.75, 3.05) is 25.0 Å². The van der Waals surface area contributed by atoms with Crippen molar-refractivity contribution in [2.24, 2.45) is 11.8 Å². The first-order valence-electron chi connectivity index (χ1n) is 7.40. The summed E-state index contributed by atoms with van der Waals surface area (Å²) >= 11 is 0. The van der Waals surface area contributed by atoms with Crippen molar-refractivity contribution in [3.05, 3.63) is 24.3 Å². The van der Waals surface area contributed by atoms with Crippen LogP contribution < -0.4 is 15.4 Å². The molecule has 1 saturated heterocycles. The Hall–Kier alpha value is -1.26. The molecule has 0 aliphatic carbocycles. The maximum absolute atomic E-state index is 12.3. The van der Waals surface area contributed by atoms with Gasteiger partial charge in [0.2, 0.25) is 5.91 Å². The molecule has 21 heavy (non-hydrogen) atoms. The molecule has 0 bridgehead atoms. The molecule has 0 aromatic heterocycles. The van der Waals surface area contributed by atoms with Crippen molar-refractivity contribution in [2.45, 2.75) is 26.7 Å². The van der Waals surface area contributed by atoms with E-state index in [2.05, 4.69) is 24.5 Å². The monoisotopic (exact) mass is 312 g/mol. The molecule has 0 saturated carbocycles. The summed E-state index contributed by atoms with van der Waals surface area (Å²) in [7, 11) is 0. The van der Waals surface area contributed by atoms with E-state index in [0.717, 1.165) is 37.4 Å². The number of carbonyl (C=O) groups is 1. The van der Waals surface area contributed by atoms with Gasteiger partial charge < -0.3 is 15.4 Å². The van der Waals surface area contributed by atoms with E-state index >= 15 is 0 Å². The van der Waals surface area contributed by atoms with Crippen LogP contribution >= 0.6 is 12.4 Å². The number of hydrogen-bond donors (Lipinski definition) is 2. The molecule has 0 radical (unpaired) electrons. The third-order valence-electron chi connectivity index (χ3n) is 3.38. The zero-order valence-corrected chi connectivity index (χ0v) is 13.5. The molecule has 1 heterocycles. The van der Waals surface area contributed by atoms with Crippen molar-refractivity contribution < 1.29 is 9.53 Å². The average molecular weight is 313 g/mol. The molecule has 1 fully saturated rings. The van der Waals surface area contributed by atoms with Crippen molar-refractivity contribution in [3.8, 4) is 5.75 Å². The molecular formula is C16H25ClN2O2. The second-order valence-corrected chi connectivity index (χ2v) is 5.73. The Morgan fingerprint density at radius 3 is 2.86 bits per heavy atom. The Kier molecular flexibility index (Phi) is 7.54. The normalized spacial score (nSPS) is 18.0. The van der Waals surface area contributed by atoms with Gasteiger partial charge in [-0.1, -0.05) is 26.0 Å². The van der Waals surface area contributed by atoms with E-state index < -0.39 is 0 Å². The number of anilines is 1. The van der Waals surface area contributed by atoms with Gasteiger partial charge >= 0.3 is 0 Å². The van der Waals surface area contributed by atoms with Crippen LogP contribution in [0.1, 0.15) is 26.7 Å². The maximum Gasteiger partial charge on any atom is 0.228 e. The van der Waals surface area contributed by atoms with E-state index in [-0.39, 0.29) is 24.2 Å². The summed E-state index contributed by atoms with van der Waals surface area (Å²) in [5, 5.41) is 6.26. The second-order valence-electron chi connectivity index (χ2n) is 5.73. The molecule has 1 amide bonds. The fourth-order valence-electron chi connectivity index (χ4n) is 2.26. The van der Waals surface area contributed by atoms with E-state index in [1.54, 1.807) is 0 Å². The number of halogens is 1. The smallest absolute Gasteiger partial charge is 0.228 e. The van der Waals surface area contributed by atoms with E-state index in [1.165, 1.54) is 0 Å². The minimum Gasteiger partial charge on any atom is -0.491 e. The second kappa shape index (κ2) is 8.90. The molecule has 2 N–H and O–H groups in total. The Morgan fingerprint density at radius 1 is 1.43 bits per heavy atom. The van der Waals surface area contributed by atoms with Gasteiger partial charge in [-0.05, 0) is 37.4 Å². The fourth-order valence-corrected chi connectivity index (χ4v) is 2.26. The molecular weight excluding hydrogens is 288 g/mol. The van der Waals surface area contributed by atoms with Gasteiger partial charge in [-0.3, -0.25) is 4.79 Å². The first kappa shape index (κ1) is 17.8. The lowest BCUT2D eigenvalue weighted by molar-refractivity contribution is -0.120. The Balaban J connectivity index is 0.00000220. The van der Waals surface area contributed by atoms with Crippen LogP contribution in [0.5, 0.6) is 5.75 Å². The summed E-state index contributed by atoms with van der Waals surface area (Å²) < 4.78 is 5.76. The van der Waals surface area contributed by atoms with E-state index in [0.29, 0.717) is 12.5 Å². The predicted molar refractivity (Wildman–Crippen MR) is 88.2 cm³/mol. The molecule has 1 aromatic rings. The molecule has 0 spiro atoms. The maximum atomic E-state index is 12.3. The Morgan fingerprint density at radius 2 is 2.19 bits per heavy atom. The van der Waals surface area contributed by atoms with Crippen LogP contribution in [0.4, 0.5) is 5.69 Å². The highest BCUT2D eigenvalue weighted by Crippen LogP contribution is 2.25. The Bertz CT molecular complexity index is 446. The minimum absolute atomic E-state index is 0. The lowest BCUT2D eigenvalue weighted by atomic mass is 9.99. The van der Waals surface area contributed by atoms with E-state index in [4.69, 9.17) is 4.74 Å². The number of amides is 1. The quantitative estimate of drug-likeness (QED) is 0.878. The number of carbonyl (C=O) groups excluding carboxylic acids is 1. The van der Waals surface area contributed by atoms with Gasteiger partial charge in [-0.25, -0.2) is 0 Å². The number of nitrogens with one attached hydrogen (secondary N) is 2. The van der Waals surface area contributed by atoms with Crippen LogP contribution in [0.15, 0.2) is 24.3 Å². The number of piperidine rings is 1. The fraction of sp³-hybridized carbons (Fsp3) is 0.562. The van der Waals surface area contributed by atoms with Crippen LogP contribution in [0.2, 0.25) is 0 Å². The lowest BCUT2D eigenvalue weighted by Crippen LogP contribution is -2.37. The summed E-state index contributed by atoms with van der Waals surface area (Å²) in [5.41, 5.74) is 0.767. The summed E-state index contributed by atoms with van der Waals surface area (Å²) in [5.74, 6) is 1.35. The van der Waals surface area contributed by atoms with Gasteiger partial charge in [-0.2, -0.15) is 0 Å². The molecule has 1 atom stereocenters. The highest BCUT2D eigenvalue weighted by molar-refractivity contribution is 5.94. The SMILES string of the molecule is CC(C)COc1ccccc1NC(=O)C1CCCNC1.Cl. The van der Waals surface area contributed by atoms with Crippen LogP contribution in [-0.4, -0.2) is 25.6 Å². The lowest BCUT2D eigenvalue weighted by Gasteiger charge is -2.22. The van der Waals surface area contributed by atoms with E-state index in [1.807, 2.05) is 24.3 Å². The summed E-state index contributed by atoms with van der Waals surface area (Å²) in [6, 6.07) is 7.63. The summed E-state index contributed by atoms with van der Waals surface area (Å²) in [6.07, 6.45) is 2.01. The largest absolute Gasteiger partial charge is 0.491 e. The summed E-state index contributed by atoms with van der Waals surface area (Å²) in [4.78, 5) is 12.3. The molecule has 1 aliphatic heterocycles. The van der Waals surface area contributed by atoms with Gasteiger partial charge in [0.25, 0.3) is 0 Å². The average Bonchev–Trinajstić information content (AvgIpc) is 2.47. The standard InChI is InChI=1S/C16H24N2O2.ClH/c1-12(2)11-20-15-8-4-3-7-14(15)18-16(19)13-6-5-9-17-10-13;/h3-4,7-8,12-13,17H,5-6,9-11H2,1-2H3,(H,18,19);1H. The first-order chi connectivity index (χ1) is 9.66. The van der Waals surface area contributed by atoms with Gasteiger partial charge in [0.15, 0.2) is 0 Å². The van der Waals surface area contributed by atoms with Crippen LogP contribution in [0.25, 0.3) is 0 Å². The third kappa shape index (κ3) is 5.56. The van der Waals surface area contributed by atoms with Crippen LogP contribution in [0, 0.1) is 11.8 Å². The molecule has 118 valence electrons. The molecule has 1 aromatic carbocycles. The number of benzene rings is 1. The molecule has 4 nitrogen and oxygen atoms in total. The molecule has 2 rings (SSSR count). The van der Waals surface area contributed by atoms with Crippen LogP contribution in [-0.2, 0) is 4.79 Å². The first-order valence-corrected chi connectivity index (χ1v) is 7.40. The molecule has 5 heteroatoms. The number of rotatable bonds is 5. The van der Waals surface area contributed by atoms with Gasteiger partial charge in [0.1, 0.15) is 5.75 Å². The third-order valence-corrected chi connectivity index (χ3v) is 3.38. The van der Waals surface area contributed by atoms with Crippen molar-refractivity contribution >= 4 is 24.0 Å². The van der Waals surface area contributed by atoms with Crippen molar-refractivity contribution in [3.63, 3.8) is 0 Å². The number of hydrogen-bond acceptors (Lipinski definition) is 3. The Labute approximate surface area is 133 Å². The highest BCUT2D eigenvalue weighted by atomic mass is 35.5.